The average Bonchev–Trinajstić information content (AvgIpc) is 2.96. The molecule has 0 bridgehead atoms. The van der Waals surface area contributed by atoms with Gasteiger partial charge in [-0.1, -0.05) is 31.9 Å². The highest BCUT2D eigenvalue weighted by atomic mass is 16.5. The van der Waals surface area contributed by atoms with E-state index in [1.807, 2.05) is 18.2 Å². The predicted octanol–water partition coefficient (Wildman–Crippen LogP) is 3.04. The molecule has 1 saturated carbocycles. The molecule has 1 aromatic rings. The Morgan fingerprint density at radius 2 is 2.16 bits per heavy atom. The molecule has 0 spiro atoms. The van der Waals surface area contributed by atoms with E-state index in [4.69, 9.17) is 4.74 Å². The lowest BCUT2D eigenvalue weighted by Crippen LogP contribution is -2.32. The number of aliphatic hydroxyl groups is 1. The van der Waals surface area contributed by atoms with Crippen LogP contribution in [0.1, 0.15) is 50.6 Å². The minimum atomic E-state index is 0.0216. The second-order valence-electron chi connectivity index (χ2n) is 5.30. The Morgan fingerprint density at radius 1 is 1.37 bits per heavy atom. The Bertz CT molecular complexity index is 375. The first kappa shape index (κ1) is 14.4. The molecule has 1 aliphatic rings. The van der Waals surface area contributed by atoms with Gasteiger partial charge in [-0.05, 0) is 37.0 Å². The summed E-state index contributed by atoms with van der Waals surface area (Å²) in [6.45, 7) is 2.97. The minimum absolute atomic E-state index is 0.0216. The van der Waals surface area contributed by atoms with Gasteiger partial charge in [-0.2, -0.15) is 0 Å². The van der Waals surface area contributed by atoms with E-state index in [-0.39, 0.29) is 12.6 Å². The third-order valence-electron chi connectivity index (χ3n) is 3.71. The highest BCUT2D eigenvalue weighted by molar-refractivity contribution is 5.30. The molecule has 1 aromatic carbocycles. The van der Waals surface area contributed by atoms with Crippen molar-refractivity contribution in [2.75, 3.05) is 13.2 Å². The van der Waals surface area contributed by atoms with E-state index < -0.39 is 0 Å². The van der Waals surface area contributed by atoms with Crippen molar-refractivity contribution in [3.63, 3.8) is 0 Å². The summed E-state index contributed by atoms with van der Waals surface area (Å²) in [5.74, 6) is 0.894. The Balaban J connectivity index is 2.00. The highest BCUT2D eigenvalue weighted by Gasteiger charge is 2.19. The average molecular weight is 263 g/mol. The largest absolute Gasteiger partial charge is 0.494 e. The van der Waals surface area contributed by atoms with E-state index in [1.165, 1.54) is 25.7 Å². The van der Waals surface area contributed by atoms with Crippen LogP contribution in [0.15, 0.2) is 24.3 Å². The second kappa shape index (κ2) is 7.51. The molecular formula is C16H25NO2. The van der Waals surface area contributed by atoms with Gasteiger partial charge in [-0.3, -0.25) is 0 Å². The van der Waals surface area contributed by atoms with Crippen LogP contribution in [0, 0.1) is 0 Å². The van der Waals surface area contributed by atoms with Crippen molar-refractivity contribution in [2.45, 2.75) is 51.1 Å². The van der Waals surface area contributed by atoms with Crippen molar-refractivity contribution in [2.24, 2.45) is 0 Å². The monoisotopic (exact) mass is 263 g/mol. The molecule has 0 heterocycles. The summed E-state index contributed by atoms with van der Waals surface area (Å²) in [5.41, 5.74) is 1.11. The molecule has 1 aliphatic carbocycles. The zero-order valence-electron chi connectivity index (χ0n) is 11.8. The smallest absolute Gasteiger partial charge is 0.119 e. The topological polar surface area (TPSA) is 41.5 Å². The summed E-state index contributed by atoms with van der Waals surface area (Å²) in [7, 11) is 0. The maximum absolute atomic E-state index is 9.60. The fourth-order valence-corrected chi connectivity index (χ4v) is 2.67. The molecule has 0 aliphatic heterocycles. The van der Waals surface area contributed by atoms with Crippen molar-refractivity contribution in [1.29, 1.82) is 0 Å². The number of aliphatic hydroxyl groups excluding tert-OH is 1. The van der Waals surface area contributed by atoms with Crippen LogP contribution in [0.3, 0.4) is 0 Å². The van der Waals surface area contributed by atoms with Gasteiger partial charge in [0.05, 0.1) is 19.3 Å². The molecule has 0 radical (unpaired) electrons. The summed E-state index contributed by atoms with van der Waals surface area (Å²) in [6, 6.07) is 8.65. The van der Waals surface area contributed by atoms with Gasteiger partial charge in [0.15, 0.2) is 0 Å². The number of ether oxygens (including phenoxy) is 1. The third-order valence-corrected chi connectivity index (χ3v) is 3.71. The predicted molar refractivity (Wildman–Crippen MR) is 77.4 cm³/mol. The maximum atomic E-state index is 9.60. The van der Waals surface area contributed by atoms with Crippen molar-refractivity contribution >= 4 is 0 Å². The Labute approximate surface area is 116 Å². The first-order valence-corrected chi connectivity index (χ1v) is 7.43. The second-order valence-corrected chi connectivity index (χ2v) is 5.30. The standard InChI is InChI=1S/C16H25NO2/c1-2-10-19-15-9-5-6-13(11-15)16(12-18)17-14-7-3-4-8-14/h5-6,9,11,14,16-18H,2-4,7-8,10,12H2,1H3. The van der Waals surface area contributed by atoms with E-state index in [0.29, 0.717) is 6.04 Å². The van der Waals surface area contributed by atoms with Gasteiger partial charge in [0.25, 0.3) is 0 Å². The zero-order chi connectivity index (χ0) is 13.5. The summed E-state index contributed by atoms with van der Waals surface area (Å²) in [4.78, 5) is 0. The van der Waals surface area contributed by atoms with Crippen LogP contribution in [0.4, 0.5) is 0 Å². The van der Waals surface area contributed by atoms with Gasteiger partial charge in [-0.15, -0.1) is 0 Å². The lowest BCUT2D eigenvalue weighted by Gasteiger charge is -2.22. The quantitative estimate of drug-likeness (QED) is 0.794. The van der Waals surface area contributed by atoms with Gasteiger partial charge >= 0.3 is 0 Å². The van der Waals surface area contributed by atoms with E-state index in [1.54, 1.807) is 0 Å². The summed E-state index contributed by atoms with van der Waals surface area (Å²) in [6.07, 6.45) is 6.06. The molecule has 0 aromatic heterocycles. The number of rotatable bonds is 7. The first-order chi connectivity index (χ1) is 9.33. The fraction of sp³-hybridized carbons (Fsp3) is 0.625. The van der Waals surface area contributed by atoms with Gasteiger partial charge in [0.1, 0.15) is 5.75 Å². The zero-order valence-corrected chi connectivity index (χ0v) is 11.8. The Kier molecular flexibility index (Phi) is 5.67. The fourth-order valence-electron chi connectivity index (χ4n) is 2.67. The molecule has 1 atom stereocenters. The molecular weight excluding hydrogens is 238 g/mol. The van der Waals surface area contributed by atoms with E-state index in [9.17, 15) is 5.11 Å². The van der Waals surface area contributed by atoms with Crippen LogP contribution in [0.25, 0.3) is 0 Å². The molecule has 3 nitrogen and oxygen atoms in total. The Hall–Kier alpha value is -1.06. The van der Waals surface area contributed by atoms with Crippen LogP contribution >= 0.6 is 0 Å². The van der Waals surface area contributed by atoms with Gasteiger partial charge in [0.2, 0.25) is 0 Å². The van der Waals surface area contributed by atoms with E-state index in [0.717, 1.165) is 24.3 Å². The SMILES string of the molecule is CCCOc1cccc(C(CO)NC2CCCC2)c1. The van der Waals surface area contributed by atoms with Gasteiger partial charge in [-0.25, -0.2) is 0 Å². The molecule has 0 amide bonds. The number of hydrogen-bond acceptors (Lipinski definition) is 3. The summed E-state index contributed by atoms with van der Waals surface area (Å²) >= 11 is 0. The van der Waals surface area contributed by atoms with Crippen LogP contribution < -0.4 is 10.1 Å². The molecule has 1 unspecified atom stereocenters. The van der Waals surface area contributed by atoms with Crippen LogP contribution in [0.5, 0.6) is 5.75 Å². The summed E-state index contributed by atoms with van der Waals surface area (Å²) in [5, 5.41) is 13.2. The Morgan fingerprint density at radius 3 is 2.84 bits per heavy atom. The van der Waals surface area contributed by atoms with E-state index in [2.05, 4.69) is 18.3 Å². The molecule has 0 saturated heterocycles. The number of hydrogen-bond donors (Lipinski definition) is 2. The van der Waals surface area contributed by atoms with Crippen molar-refractivity contribution < 1.29 is 9.84 Å². The number of benzene rings is 1. The molecule has 2 rings (SSSR count). The van der Waals surface area contributed by atoms with Gasteiger partial charge in [0, 0.05) is 6.04 Å². The molecule has 3 heteroatoms. The molecule has 19 heavy (non-hydrogen) atoms. The van der Waals surface area contributed by atoms with Crippen LogP contribution in [-0.2, 0) is 0 Å². The highest BCUT2D eigenvalue weighted by Crippen LogP contribution is 2.24. The van der Waals surface area contributed by atoms with Gasteiger partial charge < -0.3 is 15.2 Å². The maximum Gasteiger partial charge on any atom is 0.119 e. The lowest BCUT2D eigenvalue weighted by molar-refractivity contribution is 0.232. The van der Waals surface area contributed by atoms with Crippen LogP contribution in [0.2, 0.25) is 0 Å². The first-order valence-electron chi connectivity index (χ1n) is 7.43. The van der Waals surface area contributed by atoms with Crippen molar-refractivity contribution in [3.05, 3.63) is 29.8 Å². The molecule has 1 fully saturated rings. The van der Waals surface area contributed by atoms with Crippen molar-refractivity contribution in [1.82, 2.24) is 5.32 Å². The lowest BCUT2D eigenvalue weighted by atomic mass is 10.1. The molecule has 2 N–H and O–H groups in total. The van der Waals surface area contributed by atoms with Crippen LogP contribution in [-0.4, -0.2) is 24.4 Å². The van der Waals surface area contributed by atoms with Crippen molar-refractivity contribution in [3.8, 4) is 5.75 Å². The molecule has 106 valence electrons. The summed E-state index contributed by atoms with van der Waals surface area (Å²) < 4.78 is 5.65. The normalized spacial score (nSPS) is 17.6. The number of nitrogens with one attached hydrogen (secondary N) is 1. The minimum Gasteiger partial charge on any atom is -0.494 e. The van der Waals surface area contributed by atoms with E-state index >= 15 is 0 Å². The third kappa shape index (κ3) is 4.22.